The molecule has 1 rings (SSSR count). The minimum atomic E-state index is -0.331. The van der Waals surface area contributed by atoms with Gasteiger partial charge in [0.2, 0.25) is 5.91 Å². The summed E-state index contributed by atoms with van der Waals surface area (Å²) in [5.74, 6) is 0.690. The molecule has 0 aromatic heterocycles. The van der Waals surface area contributed by atoms with Gasteiger partial charge >= 0.3 is 0 Å². The van der Waals surface area contributed by atoms with E-state index < -0.39 is 0 Å². The Morgan fingerprint density at radius 3 is 2.46 bits per heavy atom. The summed E-state index contributed by atoms with van der Waals surface area (Å²) in [6, 6.07) is 0.304. The van der Waals surface area contributed by atoms with Crippen molar-refractivity contribution in [3.05, 3.63) is 0 Å². The van der Waals surface area contributed by atoms with Crippen LogP contribution in [0, 0.1) is 5.92 Å². The molecule has 2 unspecified atom stereocenters. The monoisotopic (exact) mass is 185 g/mol. The van der Waals surface area contributed by atoms with Gasteiger partial charge in [-0.25, -0.2) is 0 Å². The molecule has 2 atom stereocenters. The lowest BCUT2D eigenvalue weighted by atomic mass is 9.80. The van der Waals surface area contributed by atoms with Crippen LogP contribution >= 0.6 is 0 Å². The number of rotatable bonds is 4. The van der Waals surface area contributed by atoms with Crippen molar-refractivity contribution >= 4 is 5.91 Å². The zero-order valence-electron chi connectivity index (χ0n) is 8.67. The average Bonchev–Trinajstić information content (AvgIpc) is 1.99. The topological polar surface area (TPSA) is 38.3 Å². The molecule has 1 amide bonds. The molecule has 3 heteroatoms. The molecule has 0 spiro atoms. The lowest BCUT2D eigenvalue weighted by Gasteiger charge is -2.32. The molecule has 1 aliphatic carbocycles. The number of hydrogen-bond donors (Lipinski definition) is 1. The Bertz CT molecular complexity index is 178. The number of methoxy groups -OCH3 is 1. The van der Waals surface area contributed by atoms with Crippen LogP contribution in [0.2, 0.25) is 0 Å². The number of ether oxygens (including phenoxy) is 1. The summed E-state index contributed by atoms with van der Waals surface area (Å²) in [6.07, 6.45) is 3.48. The highest BCUT2D eigenvalue weighted by Crippen LogP contribution is 2.29. The van der Waals surface area contributed by atoms with E-state index >= 15 is 0 Å². The third kappa shape index (κ3) is 2.69. The van der Waals surface area contributed by atoms with Crippen LogP contribution in [0.5, 0.6) is 0 Å². The number of nitrogens with one attached hydrogen (secondary N) is 1. The van der Waals surface area contributed by atoms with Gasteiger partial charge in [0.05, 0.1) is 0 Å². The molecule has 0 aromatic rings. The quantitative estimate of drug-likeness (QED) is 0.717. The molecule has 13 heavy (non-hydrogen) atoms. The molecule has 0 bridgehead atoms. The number of amides is 1. The third-order valence-corrected chi connectivity index (χ3v) is 2.95. The normalized spacial score (nSPS) is 21.8. The van der Waals surface area contributed by atoms with Gasteiger partial charge in [-0.2, -0.15) is 0 Å². The smallest absolute Gasteiger partial charge is 0.249 e. The van der Waals surface area contributed by atoms with E-state index in [9.17, 15) is 4.79 Å². The van der Waals surface area contributed by atoms with Crippen LogP contribution < -0.4 is 5.32 Å². The Morgan fingerprint density at radius 2 is 2.08 bits per heavy atom. The van der Waals surface area contributed by atoms with Gasteiger partial charge in [0.25, 0.3) is 0 Å². The Morgan fingerprint density at radius 1 is 1.46 bits per heavy atom. The van der Waals surface area contributed by atoms with E-state index in [1.807, 2.05) is 0 Å². The summed E-state index contributed by atoms with van der Waals surface area (Å²) < 4.78 is 4.93. The minimum absolute atomic E-state index is 0.00176. The predicted molar refractivity (Wildman–Crippen MR) is 51.4 cm³/mol. The highest BCUT2D eigenvalue weighted by molar-refractivity contribution is 5.80. The van der Waals surface area contributed by atoms with Gasteiger partial charge in [-0.1, -0.05) is 6.42 Å². The SMILES string of the molecule is COC(C)C(=O)NC(C)C1CCC1. The molecule has 3 nitrogen and oxygen atoms in total. The fraction of sp³-hybridized carbons (Fsp3) is 0.900. The maximum absolute atomic E-state index is 11.4. The van der Waals surface area contributed by atoms with Crippen molar-refractivity contribution in [3.63, 3.8) is 0 Å². The maximum Gasteiger partial charge on any atom is 0.249 e. The molecule has 0 aromatic carbocycles. The first-order chi connectivity index (χ1) is 6.15. The summed E-state index contributed by atoms with van der Waals surface area (Å²) in [6.45, 7) is 3.84. The van der Waals surface area contributed by atoms with Crippen molar-refractivity contribution in [3.8, 4) is 0 Å². The summed E-state index contributed by atoms with van der Waals surface area (Å²) in [7, 11) is 1.55. The molecule has 1 saturated carbocycles. The molecule has 0 heterocycles. The third-order valence-electron chi connectivity index (χ3n) is 2.95. The van der Waals surface area contributed by atoms with Crippen LogP contribution in [-0.2, 0) is 9.53 Å². The van der Waals surface area contributed by atoms with Crippen molar-refractivity contribution in [2.45, 2.75) is 45.3 Å². The fourth-order valence-electron chi connectivity index (χ4n) is 1.51. The van der Waals surface area contributed by atoms with Gasteiger partial charge in [-0.05, 0) is 32.6 Å². The first-order valence-corrected chi connectivity index (χ1v) is 4.98. The van der Waals surface area contributed by atoms with E-state index in [0.717, 1.165) is 0 Å². The Labute approximate surface area is 79.8 Å². The summed E-state index contributed by atoms with van der Waals surface area (Å²) >= 11 is 0. The maximum atomic E-state index is 11.4. The largest absolute Gasteiger partial charge is 0.372 e. The van der Waals surface area contributed by atoms with Crippen LogP contribution in [0.4, 0.5) is 0 Å². The molecule has 76 valence electrons. The molecule has 0 aliphatic heterocycles. The van der Waals surface area contributed by atoms with Crippen LogP contribution in [0.25, 0.3) is 0 Å². The fourth-order valence-corrected chi connectivity index (χ4v) is 1.51. The molecule has 0 radical (unpaired) electrons. The second kappa shape index (κ2) is 4.61. The van der Waals surface area contributed by atoms with Crippen molar-refractivity contribution in [1.82, 2.24) is 5.32 Å². The van der Waals surface area contributed by atoms with Crippen molar-refractivity contribution in [2.75, 3.05) is 7.11 Å². The van der Waals surface area contributed by atoms with Gasteiger partial charge in [0.15, 0.2) is 0 Å². The van der Waals surface area contributed by atoms with E-state index in [2.05, 4.69) is 12.2 Å². The van der Waals surface area contributed by atoms with Gasteiger partial charge in [0, 0.05) is 13.2 Å². The molecule has 0 saturated heterocycles. The number of carbonyl (C=O) groups is 1. The highest BCUT2D eigenvalue weighted by Gasteiger charge is 2.26. The highest BCUT2D eigenvalue weighted by atomic mass is 16.5. The average molecular weight is 185 g/mol. The Kier molecular flexibility index (Phi) is 3.72. The van der Waals surface area contributed by atoms with Crippen LogP contribution in [0.1, 0.15) is 33.1 Å². The molecule has 1 aliphatic rings. The van der Waals surface area contributed by atoms with E-state index in [0.29, 0.717) is 12.0 Å². The van der Waals surface area contributed by atoms with Crippen molar-refractivity contribution in [1.29, 1.82) is 0 Å². The number of carbonyl (C=O) groups excluding carboxylic acids is 1. The standard InChI is InChI=1S/C10H19NO2/c1-7(9-5-4-6-9)11-10(12)8(2)13-3/h7-9H,4-6H2,1-3H3,(H,11,12). The van der Waals surface area contributed by atoms with Crippen LogP contribution in [0.15, 0.2) is 0 Å². The lowest BCUT2D eigenvalue weighted by molar-refractivity contribution is -0.131. The van der Waals surface area contributed by atoms with Crippen molar-refractivity contribution < 1.29 is 9.53 Å². The molecular weight excluding hydrogens is 166 g/mol. The van der Waals surface area contributed by atoms with Gasteiger partial charge in [0.1, 0.15) is 6.10 Å². The molecule has 1 N–H and O–H groups in total. The molecular formula is C10H19NO2. The van der Waals surface area contributed by atoms with Gasteiger partial charge in [-0.15, -0.1) is 0 Å². The van der Waals surface area contributed by atoms with E-state index in [4.69, 9.17) is 4.74 Å². The molecule has 1 fully saturated rings. The van der Waals surface area contributed by atoms with E-state index in [1.165, 1.54) is 19.3 Å². The second-order valence-corrected chi connectivity index (χ2v) is 3.87. The van der Waals surface area contributed by atoms with Gasteiger partial charge < -0.3 is 10.1 Å². The zero-order chi connectivity index (χ0) is 9.84. The van der Waals surface area contributed by atoms with E-state index in [-0.39, 0.29) is 12.0 Å². The van der Waals surface area contributed by atoms with Crippen molar-refractivity contribution in [2.24, 2.45) is 5.92 Å². The first kappa shape index (κ1) is 10.5. The second-order valence-electron chi connectivity index (χ2n) is 3.87. The Balaban J connectivity index is 2.26. The summed E-state index contributed by atoms with van der Waals surface area (Å²) in [5.41, 5.74) is 0. The van der Waals surface area contributed by atoms with Crippen LogP contribution in [0.3, 0.4) is 0 Å². The van der Waals surface area contributed by atoms with Gasteiger partial charge in [-0.3, -0.25) is 4.79 Å². The van der Waals surface area contributed by atoms with Crippen LogP contribution in [-0.4, -0.2) is 25.2 Å². The van der Waals surface area contributed by atoms with E-state index in [1.54, 1.807) is 14.0 Å². The predicted octanol–water partition coefficient (Wildman–Crippen LogP) is 1.33. The lowest BCUT2D eigenvalue weighted by Crippen LogP contribution is -2.44. The Hall–Kier alpha value is -0.570. The summed E-state index contributed by atoms with van der Waals surface area (Å²) in [5, 5.41) is 2.97. The summed E-state index contributed by atoms with van der Waals surface area (Å²) in [4.78, 5) is 11.4. The number of hydrogen-bond acceptors (Lipinski definition) is 2. The minimum Gasteiger partial charge on any atom is -0.372 e. The first-order valence-electron chi connectivity index (χ1n) is 4.98. The zero-order valence-corrected chi connectivity index (χ0v) is 8.67.